The van der Waals surface area contributed by atoms with Crippen LogP contribution in [0.5, 0.6) is 0 Å². The van der Waals surface area contributed by atoms with E-state index in [0.717, 1.165) is 32.1 Å². The molecule has 0 saturated carbocycles. The Hall–Kier alpha value is 0.750. The topological polar surface area (TPSA) is 60.7 Å². The molecule has 0 bridgehead atoms. The molecule has 0 spiro atoms. The molecule has 0 fully saturated rings. The van der Waals surface area contributed by atoms with Gasteiger partial charge in [0.15, 0.2) is 0 Å². The number of halogens is 3. The zero-order valence-electron chi connectivity index (χ0n) is 9.08. The monoisotopic (exact) mass is 292 g/mol. The fraction of sp³-hybridized carbons (Fsp3) is 1.00. The van der Waals surface area contributed by atoms with Gasteiger partial charge in [-0.25, -0.2) is 0 Å². The lowest BCUT2D eigenvalue weighted by atomic mass is 10.1. The van der Waals surface area contributed by atoms with Gasteiger partial charge >= 0.3 is 0 Å². The molecule has 6 heteroatoms. The number of unbranched alkanes of at least 4 members (excludes halogenated alkanes) is 4. The molecule has 0 aromatic rings. The molecule has 16 heavy (non-hydrogen) atoms. The smallest absolute Gasteiger partial charge is 0.294 e. The third-order valence-corrected chi connectivity index (χ3v) is 3.76. The zero-order chi connectivity index (χ0) is 12.6. The standard InChI is InChI=1S/C10H19Cl3O3/c11-7-5-3-1-2-4-6-8(12)9(13)10(14,15)16/h8-9,14-16H,1-7H2. The second kappa shape index (κ2) is 8.78. The summed E-state index contributed by atoms with van der Waals surface area (Å²) >= 11 is 16.9. The fourth-order valence-corrected chi connectivity index (χ4v) is 1.99. The van der Waals surface area contributed by atoms with Gasteiger partial charge in [0.05, 0.1) is 5.38 Å². The first kappa shape index (κ1) is 16.8. The van der Waals surface area contributed by atoms with Crippen molar-refractivity contribution in [3.05, 3.63) is 0 Å². The molecule has 3 N–H and O–H groups in total. The highest BCUT2D eigenvalue weighted by atomic mass is 35.5. The fourth-order valence-electron chi connectivity index (χ4n) is 1.35. The second-order valence-corrected chi connectivity index (χ2v) is 5.26. The minimum atomic E-state index is -2.91. The van der Waals surface area contributed by atoms with Crippen molar-refractivity contribution in [3.63, 3.8) is 0 Å². The lowest BCUT2D eigenvalue weighted by Crippen LogP contribution is -2.43. The summed E-state index contributed by atoms with van der Waals surface area (Å²) in [5, 5.41) is 24.5. The van der Waals surface area contributed by atoms with Crippen molar-refractivity contribution in [1.29, 1.82) is 0 Å². The molecule has 0 heterocycles. The third-order valence-electron chi connectivity index (χ3n) is 2.30. The molecule has 0 aromatic heterocycles. The predicted molar refractivity (Wildman–Crippen MR) is 67.1 cm³/mol. The number of alkyl halides is 3. The van der Waals surface area contributed by atoms with E-state index in [1.165, 1.54) is 0 Å². The number of hydrogen-bond donors (Lipinski definition) is 3. The van der Waals surface area contributed by atoms with Gasteiger partial charge in [0.25, 0.3) is 5.97 Å². The molecule has 0 rings (SSSR count). The maximum atomic E-state index is 8.81. The Bertz CT molecular complexity index is 173. The summed E-state index contributed by atoms with van der Waals surface area (Å²) < 4.78 is 0. The summed E-state index contributed by atoms with van der Waals surface area (Å²) in [4.78, 5) is 0. The number of aliphatic hydroxyl groups is 3. The van der Waals surface area contributed by atoms with Crippen molar-refractivity contribution in [2.75, 3.05) is 5.88 Å². The summed E-state index contributed by atoms with van der Waals surface area (Å²) in [6, 6.07) is 0. The Morgan fingerprint density at radius 3 is 1.88 bits per heavy atom. The Balaban J connectivity index is 3.54. The number of rotatable bonds is 9. The van der Waals surface area contributed by atoms with E-state index in [9.17, 15) is 0 Å². The van der Waals surface area contributed by atoms with Crippen LogP contribution in [0.3, 0.4) is 0 Å². The average Bonchev–Trinajstić information content (AvgIpc) is 2.20. The van der Waals surface area contributed by atoms with Crippen molar-refractivity contribution in [2.45, 2.75) is 55.3 Å². The molecule has 0 saturated heterocycles. The van der Waals surface area contributed by atoms with Gasteiger partial charge < -0.3 is 15.3 Å². The van der Waals surface area contributed by atoms with Crippen LogP contribution in [-0.2, 0) is 0 Å². The molecule has 0 aliphatic heterocycles. The van der Waals surface area contributed by atoms with Gasteiger partial charge in [0, 0.05) is 5.88 Å². The second-order valence-electron chi connectivity index (χ2n) is 3.85. The molecule has 2 unspecified atom stereocenters. The molecule has 2 atom stereocenters. The first-order valence-electron chi connectivity index (χ1n) is 5.40. The normalized spacial score (nSPS) is 16.1. The summed E-state index contributed by atoms with van der Waals surface area (Å²) in [5.41, 5.74) is 0. The average molecular weight is 294 g/mol. The van der Waals surface area contributed by atoms with Crippen LogP contribution >= 0.6 is 34.8 Å². The van der Waals surface area contributed by atoms with E-state index in [0.29, 0.717) is 12.3 Å². The molecule has 0 aromatic carbocycles. The molecule has 3 nitrogen and oxygen atoms in total. The van der Waals surface area contributed by atoms with Crippen molar-refractivity contribution >= 4 is 34.8 Å². The van der Waals surface area contributed by atoms with E-state index < -0.39 is 16.7 Å². The van der Waals surface area contributed by atoms with E-state index in [4.69, 9.17) is 50.1 Å². The molecule has 0 amide bonds. The molecular formula is C10H19Cl3O3. The van der Waals surface area contributed by atoms with Gasteiger partial charge in [-0.3, -0.25) is 0 Å². The van der Waals surface area contributed by atoms with Crippen LogP contribution in [0.1, 0.15) is 38.5 Å². The van der Waals surface area contributed by atoms with Gasteiger partial charge in [-0.05, 0) is 12.8 Å². The van der Waals surface area contributed by atoms with Crippen LogP contribution in [0.2, 0.25) is 0 Å². The van der Waals surface area contributed by atoms with E-state index in [2.05, 4.69) is 0 Å². The quantitative estimate of drug-likeness (QED) is 0.347. The maximum Gasteiger partial charge on any atom is 0.294 e. The van der Waals surface area contributed by atoms with Crippen LogP contribution in [0.15, 0.2) is 0 Å². The summed E-state index contributed by atoms with van der Waals surface area (Å²) in [7, 11) is 0. The highest BCUT2D eigenvalue weighted by Gasteiger charge is 2.35. The Morgan fingerprint density at radius 2 is 1.38 bits per heavy atom. The third kappa shape index (κ3) is 7.93. The minimum absolute atomic E-state index is 0.542. The van der Waals surface area contributed by atoms with E-state index in [1.807, 2.05) is 0 Å². The molecule has 0 aliphatic rings. The van der Waals surface area contributed by atoms with Gasteiger partial charge in [-0.15, -0.1) is 34.8 Å². The first-order chi connectivity index (χ1) is 7.39. The number of hydrogen-bond acceptors (Lipinski definition) is 3. The highest BCUT2D eigenvalue weighted by Crippen LogP contribution is 2.23. The molecule has 0 aliphatic carbocycles. The van der Waals surface area contributed by atoms with E-state index in [-0.39, 0.29) is 0 Å². The minimum Gasteiger partial charge on any atom is -0.342 e. The Kier molecular flexibility index (Phi) is 9.20. The zero-order valence-corrected chi connectivity index (χ0v) is 11.3. The summed E-state index contributed by atoms with van der Waals surface area (Å²) in [6.07, 6.45) is 5.56. The van der Waals surface area contributed by atoms with Gasteiger partial charge in [-0.1, -0.05) is 25.7 Å². The molecule has 98 valence electrons. The predicted octanol–water partition coefficient (Wildman–Crippen LogP) is 2.41. The lowest BCUT2D eigenvalue weighted by Gasteiger charge is -2.24. The van der Waals surface area contributed by atoms with Crippen molar-refractivity contribution in [2.24, 2.45) is 0 Å². The largest absolute Gasteiger partial charge is 0.342 e. The SMILES string of the molecule is OC(O)(O)C(Cl)C(Cl)CCCCCCCCl. The van der Waals surface area contributed by atoms with Crippen LogP contribution in [-0.4, -0.2) is 37.9 Å². The van der Waals surface area contributed by atoms with Gasteiger partial charge in [0.1, 0.15) is 5.38 Å². The first-order valence-corrected chi connectivity index (χ1v) is 6.81. The lowest BCUT2D eigenvalue weighted by molar-refractivity contribution is -0.311. The summed E-state index contributed by atoms with van der Waals surface area (Å²) in [5.74, 6) is -2.23. The van der Waals surface area contributed by atoms with Crippen molar-refractivity contribution < 1.29 is 15.3 Å². The molecular weight excluding hydrogens is 274 g/mol. The van der Waals surface area contributed by atoms with Crippen molar-refractivity contribution in [3.8, 4) is 0 Å². The van der Waals surface area contributed by atoms with Crippen LogP contribution in [0, 0.1) is 0 Å². The van der Waals surface area contributed by atoms with E-state index >= 15 is 0 Å². The van der Waals surface area contributed by atoms with Gasteiger partial charge in [-0.2, -0.15) is 0 Å². The Morgan fingerprint density at radius 1 is 0.875 bits per heavy atom. The summed E-state index contributed by atoms with van der Waals surface area (Å²) in [6.45, 7) is 0. The highest BCUT2D eigenvalue weighted by molar-refractivity contribution is 6.30. The molecule has 0 radical (unpaired) electrons. The Labute approximate surface area is 111 Å². The van der Waals surface area contributed by atoms with Crippen LogP contribution < -0.4 is 0 Å². The maximum absolute atomic E-state index is 8.81. The van der Waals surface area contributed by atoms with Gasteiger partial charge in [0.2, 0.25) is 0 Å². The van der Waals surface area contributed by atoms with Crippen LogP contribution in [0.25, 0.3) is 0 Å². The van der Waals surface area contributed by atoms with E-state index in [1.54, 1.807) is 0 Å². The van der Waals surface area contributed by atoms with Crippen LogP contribution in [0.4, 0.5) is 0 Å². The van der Waals surface area contributed by atoms with Crippen molar-refractivity contribution in [1.82, 2.24) is 0 Å².